The molecule has 0 amide bonds. The summed E-state index contributed by atoms with van der Waals surface area (Å²) in [4.78, 5) is 8.91. The molecule has 0 aliphatic heterocycles. The molecule has 2 aromatic carbocycles. The molecule has 1 unspecified atom stereocenters. The van der Waals surface area contributed by atoms with Crippen LogP contribution < -0.4 is 0 Å². The maximum atomic E-state index is 6.00. The van der Waals surface area contributed by atoms with Crippen molar-refractivity contribution in [2.24, 2.45) is 0 Å². The lowest BCUT2D eigenvalue weighted by molar-refractivity contribution is 0.521. The molecular formula is C19H14N2O. The van der Waals surface area contributed by atoms with Crippen molar-refractivity contribution in [3.8, 4) is 0 Å². The summed E-state index contributed by atoms with van der Waals surface area (Å²) in [5.74, 6) is 0.641. The molecule has 0 radical (unpaired) electrons. The van der Waals surface area contributed by atoms with E-state index in [1.165, 1.54) is 0 Å². The van der Waals surface area contributed by atoms with E-state index in [0.29, 0.717) is 5.89 Å². The maximum absolute atomic E-state index is 6.00. The second-order valence-corrected chi connectivity index (χ2v) is 5.15. The third-order valence-electron chi connectivity index (χ3n) is 3.71. The third-order valence-corrected chi connectivity index (χ3v) is 3.71. The summed E-state index contributed by atoms with van der Waals surface area (Å²) in [6.07, 6.45) is 3.64. The van der Waals surface area contributed by atoms with Gasteiger partial charge in [0, 0.05) is 12.4 Å². The molecule has 0 N–H and O–H groups in total. The molecule has 1 atom stereocenters. The van der Waals surface area contributed by atoms with Crippen molar-refractivity contribution >= 4 is 11.1 Å². The molecule has 106 valence electrons. The fourth-order valence-corrected chi connectivity index (χ4v) is 2.68. The Bertz CT molecular complexity index is 812. The maximum Gasteiger partial charge on any atom is 0.207 e. The van der Waals surface area contributed by atoms with E-state index in [-0.39, 0.29) is 5.92 Å². The number of pyridine rings is 1. The van der Waals surface area contributed by atoms with Gasteiger partial charge in [0.25, 0.3) is 0 Å². The molecule has 0 saturated carbocycles. The minimum Gasteiger partial charge on any atom is -0.440 e. The van der Waals surface area contributed by atoms with Crippen LogP contribution in [0.15, 0.2) is 83.5 Å². The Kier molecular flexibility index (Phi) is 3.16. The Morgan fingerprint density at radius 2 is 1.55 bits per heavy atom. The molecule has 0 fully saturated rings. The Morgan fingerprint density at radius 1 is 0.773 bits per heavy atom. The van der Waals surface area contributed by atoms with Gasteiger partial charge in [-0.25, -0.2) is 4.98 Å². The first kappa shape index (κ1) is 12.8. The van der Waals surface area contributed by atoms with Gasteiger partial charge in [0.1, 0.15) is 5.52 Å². The van der Waals surface area contributed by atoms with E-state index < -0.39 is 0 Å². The normalized spacial score (nSPS) is 12.4. The number of hydrogen-bond acceptors (Lipinski definition) is 3. The van der Waals surface area contributed by atoms with E-state index in [0.717, 1.165) is 22.2 Å². The number of benzene rings is 2. The molecule has 2 aromatic heterocycles. The zero-order valence-corrected chi connectivity index (χ0v) is 11.9. The van der Waals surface area contributed by atoms with Crippen molar-refractivity contribution in [3.63, 3.8) is 0 Å². The van der Waals surface area contributed by atoms with Gasteiger partial charge in [-0.1, -0.05) is 48.5 Å². The number of aromatic nitrogens is 2. The van der Waals surface area contributed by atoms with E-state index in [1.54, 1.807) is 6.20 Å². The minimum absolute atomic E-state index is 0.0534. The number of nitrogens with zero attached hydrogens (tertiary/aromatic N) is 2. The van der Waals surface area contributed by atoms with Crippen LogP contribution in [0.4, 0.5) is 0 Å². The monoisotopic (exact) mass is 286 g/mol. The average Bonchev–Trinajstić information content (AvgIpc) is 3.00. The van der Waals surface area contributed by atoms with Gasteiger partial charge in [0.15, 0.2) is 5.58 Å². The van der Waals surface area contributed by atoms with Crippen LogP contribution >= 0.6 is 0 Å². The zero-order chi connectivity index (χ0) is 14.8. The zero-order valence-electron chi connectivity index (χ0n) is 11.9. The summed E-state index contributed by atoms with van der Waals surface area (Å²) in [6, 6.07) is 22.1. The Hall–Kier alpha value is -2.94. The van der Waals surface area contributed by atoms with Crippen LogP contribution in [0.2, 0.25) is 0 Å². The first-order chi connectivity index (χ1) is 10.9. The van der Waals surface area contributed by atoms with Crippen LogP contribution in [0.25, 0.3) is 11.1 Å². The van der Waals surface area contributed by atoms with E-state index in [2.05, 4.69) is 28.2 Å². The molecule has 0 saturated heterocycles. The van der Waals surface area contributed by atoms with Crippen LogP contribution in [0.5, 0.6) is 0 Å². The molecule has 0 aliphatic carbocycles. The van der Waals surface area contributed by atoms with Crippen LogP contribution in [0.3, 0.4) is 0 Å². The van der Waals surface area contributed by atoms with Crippen molar-refractivity contribution in [1.29, 1.82) is 0 Å². The first-order valence-electron chi connectivity index (χ1n) is 7.22. The number of rotatable bonds is 3. The predicted molar refractivity (Wildman–Crippen MR) is 85.6 cm³/mol. The molecule has 4 aromatic rings. The number of fused-ring (bicyclic) bond motifs is 1. The van der Waals surface area contributed by atoms with Gasteiger partial charge in [0.05, 0.1) is 5.92 Å². The van der Waals surface area contributed by atoms with Gasteiger partial charge < -0.3 is 4.42 Å². The number of oxazole rings is 1. The standard InChI is InChI=1S/C19H14N2O/c1-2-7-14(8-3-1)18(15-9-6-12-20-13-15)19-21-16-10-4-5-11-17(16)22-19/h1-13,18H. The van der Waals surface area contributed by atoms with E-state index >= 15 is 0 Å². The third kappa shape index (κ3) is 2.27. The average molecular weight is 286 g/mol. The van der Waals surface area contributed by atoms with Crippen molar-refractivity contribution in [2.75, 3.05) is 0 Å². The van der Waals surface area contributed by atoms with Gasteiger partial charge in [-0.15, -0.1) is 0 Å². The Balaban J connectivity index is 1.90. The van der Waals surface area contributed by atoms with Gasteiger partial charge >= 0.3 is 0 Å². The lowest BCUT2D eigenvalue weighted by atomic mass is 9.92. The van der Waals surface area contributed by atoms with Gasteiger partial charge in [0.2, 0.25) is 5.89 Å². The van der Waals surface area contributed by atoms with Gasteiger partial charge in [-0.05, 0) is 29.3 Å². The number of hydrogen-bond donors (Lipinski definition) is 0. The van der Waals surface area contributed by atoms with Crippen molar-refractivity contribution in [3.05, 3.63) is 96.1 Å². The topological polar surface area (TPSA) is 38.9 Å². The fraction of sp³-hybridized carbons (Fsp3) is 0.0526. The minimum atomic E-state index is -0.0534. The van der Waals surface area contributed by atoms with Gasteiger partial charge in [-0.2, -0.15) is 0 Å². The summed E-state index contributed by atoms with van der Waals surface area (Å²) in [6.45, 7) is 0. The smallest absolute Gasteiger partial charge is 0.207 e. The van der Waals surface area contributed by atoms with Crippen LogP contribution in [0, 0.1) is 0 Å². The molecular weight excluding hydrogens is 272 g/mol. The molecule has 4 rings (SSSR count). The molecule has 2 heterocycles. The predicted octanol–water partition coefficient (Wildman–Crippen LogP) is 4.40. The van der Waals surface area contributed by atoms with Crippen LogP contribution in [-0.4, -0.2) is 9.97 Å². The quantitative estimate of drug-likeness (QED) is 0.560. The van der Waals surface area contributed by atoms with Crippen molar-refractivity contribution in [1.82, 2.24) is 9.97 Å². The molecule has 0 bridgehead atoms. The summed E-state index contributed by atoms with van der Waals surface area (Å²) in [5.41, 5.74) is 3.90. The van der Waals surface area contributed by atoms with Crippen LogP contribution in [0.1, 0.15) is 22.9 Å². The molecule has 0 aliphatic rings. The number of para-hydroxylation sites is 2. The lowest BCUT2D eigenvalue weighted by Gasteiger charge is -2.13. The highest BCUT2D eigenvalue weighted by Gasteiger charge is 2.22. The second kappa shape index (κ2) is 5.45. The SMILES string of the molecule is c1ccc(C(c2cccnc2)c2nc3ccccc3o2)cc1. The highest BCUT2D eigenvalue weighted by molar-refractivity contribution is 5.72. The Labute approximate surface area is 128 Å². The second-order valence-electron chi connectivity index (χ2n) is 5.15. The molecule has 0 spiro atoms. The lowest BCUT2D eigenvalue weighted by Crippen LogP contribution is -2.03. The highest BCUT2D eigenvalue weighted by atomic mass is 16.3. The fourth-order valence-electron chi connectivity index (χ4n) is 2.68. The first-order valence-corrected chi connectivity index (χ1v) is 7.22. The van der Waals surface area contributed by atoms with Gasteiger partial charge in [-0.3, -0.25) is 4.98 Å². The van der Waals surface area contributed by atoms with Crippen molar-refractivity contribution < 1.29 is 4.42 Å². The molecule has 22 heavy (non-hydrogen) atoms. The summed E-state index contributed by atoms with van der Waals surface area (Å²) >= 11 is 0. The Morgan fingerprint density at radius 3 is 2.32 bits per heavy atom. The largest absolute Gasteiger partial charge is 0.440 e. The molecule has 3 heteroatoms. The summed E-state index contributed by atoms with van der Waals surface area (Å²) < 4.78 is 6.00. The van der Waals surface area contributed by atoms with E-state index in [4.69, 9.17) is 4.42 Å². The summed E-state index contributed by atoms with van der Waals surface area (Å²) in [7, 11) is 0. The van der Waals surface area contributed by atoms with Crippen LogP contribution in [-0.2, 0) is 0 Å². The van der Waals surface area contributed by atoms with E-state index in [1.807, 2.05) is 54.7 Å². The molecule has 3 nitrogen and oxygen atoms in total. The van der Waals surface area contributed by atoms with Crippen molar-refractivity contribution in [2.45, 2.75) is 5.92 Å². The highest BCUT2D eigenvalue weighted by Crippen LogP contribution is 2.32. The van der Waals surface area contributed by atoms with E-state index in [9.17, 15) is 0 Å². The summed E-state index contributed by atoms with van der Waals surface area (Å²) in [5, 5.41) is 0.